The number of aliphatic carboxylic acids is 1. The van der Waals surface area contributed by atoms with Crippen LogP contribution in [0.2, 0.25) is 0 Å². The first-order chi connectivity index (χ1) is 7.22. The summed E-state index contributed by atoms with van der Waals surface area (Å²) in [4.78, 5) is 16.9. The van der Waals surface area contributed by atoms with Gasteiger partial charge in [-0.2, -0.15) is 0 Å². The summed E-state index contributed by atoms with van der Waals surface area (Å²) in [6.45, 7) is 2.86. The van der Waals surface area contributed by atoms with Crippen molar-refractivity contribution >= 4 is 11.8 Å². The standard InChI is InChI=1S/C11H14N2O2/c1-2-8-3-4-10(12-7-8)13-6-5-9(13)11(14)15/h3-4,7,9H,2,5-6H2,1H3,(H,14,15). The van der Waals surface area contributed by atoms with Crippen molar-refractivity contribution in [3.05, 3.63) is 23.9 Å². The second-order valence-electron chi connectivity index (χ2n) is 3.71. The first-order valence-electron chi connectivity index (χ1n) is 5.16. The zero-order valence-corrected chi connectivity index (χ0v) is 8.68. The quantitative estimate of drug-likeness (QED) is 0.810. The van der Waals surface area contributed by atoms with Gasteiger partial charge in [-0.1, -0.05) is 13.0 Å². The normalized spacial score (nSPS) is 19.8. The summed E-state index contributed by atoms with van der Waals surface area (Å²) in [6, 6.07) is 3.51. The van der Waals surface area contributed by atoms with E-state index in [2.05, 4.69) is 11.9 Å². The Morgan fingerprint density at radius 2 is 2.47 bits per heavy atom. The Morgan fingerprint density at radius 1 is 1.67 bits per heavy atom. The van der Waals surface area contributed by atoms with Gasteiger partial charge in [-0.3, -0.25) is 0 Å². The van der Waals surface area contributed by atoms with Gasteiger partial charge >= 0.3 is 5.97 Å². The van der Waals surface area contributed by atoms with Crippen molar-refractivity contribution in [2.24, 2.45) is 0 Å². The Bertz CT molecular complexity index is 361. The number of aromatic nitrogens is 1. The SMILES string of the molecule is CCc1ccc(N2CCC2C(=O)O)nc1. The van der Waals surface area contributed by atoms with E-state index in [1.54, 1.807) is 0 Å². The monoisotopic (exact) mass is 206 g/mol. The number of carbonyl (C=O) groups is 1. The smallest absolute Gasteiger partial charge is 0.326 e. The highest BCUT2D eigenvalue weighted by atomic mass is 16.4. The molecular weight excluding hydrogens is 192 g/mol. The van der Waals surface area contributed by atoms with E-state index in [9.17, 15) is 4.79 Å². The van der Waals surface area contributed by atoms with Gasteiger partial charge < -0.3 is 10.0 Å². The number of aryl methyl sites for hydroxylation is 1. The Balaban J connectivity index is 2.13. The molecule has 1 atom stereocenters. The molecule has 1 N–H and O–H groups in total. The Labute approximate surface area is 88.6 Å². The number of pyridine rings is 1. The number of hydrogen-bond acceptors (Lipinski definition) is 3. The predicted octanol–water partition coefficient (Wildman–Crippen LogP) is 1.31. The van der Waals surface area contributed by atoms with Crippen LogP contribution in [0.1, 0.15) is 18.9 Å². The average Bonchev–Trinajstić information content (AvgIpc) is 2.16. The number of carboxylic acid groups (broad SMARTS) is 1. The van der Waals surface area contributed by atoms with Crippen LogP contribution in [0.25, 0.3) is 0 Å². The molecule has 1 saturated heterocycles. The predicted molar refractivity (Wildman–Crippen MR) is 57.0 cm³/mol. The molecule has 15 heavy (non-hydrogen) atoms. The highest BCUT2D eigenvalue weighted by Gasteiger charge is 2.34. The van der Waals surface area contributed by atoms with Crippen LogP contribution in [-0.4, -0.2) is 28.6 Å². The van der Waals surface area contributed by atoms with Crippen molar-refractivity contribution < 1.29 is 9.90 Å². The number of nitrogens with zero attached hydrogens (tertiary/aromatic N) is 2. The maximum Gasteiger partial charge on any atom is 0.326 e. The first kappa shape index (κ1) is 9.96. The summed E-state index contributed by atoms with van der Waals surface area (Å²) in [5, 5.41) is 8.90. The molecule has 80 valence electrons. The largest absolute Gasteiger partial charge is 0.480 e. The van der Waals surface area contributed by atoms with Crippen molar-refractivity contribution in [2.75, 3.05) is 11.4 Å². The molecule has 1 fully saturated rings. The zero-order chi connectivity index (χ0) is 10.8. The van der Waals surface area contributed by atoms with Gasteiger partial charge in [0.15, 0.2) is 0 Å². The van der Waals surface area contributed by atoms with E-state index in [0.29, 0.717) is 6.42 Å². The fraction of sp³-hybridized carbons (Fsp3) is 0.455. The Morgan fingerprint density at radius 3 is 2.87 bits per heavy atom. The van der Waals surface area contributed by atoms with E-state index >= 15 is 0 Å². The third kappa shape index (κ3) is 1.79. The van der Waals surface area contributed by atoms with E-state index < -0.39 is 5.97 Å². The van der Waals surface area contributed by atoms with E-state index in [4.69, 9.17) is 5.11 Å². The van der Waals surface area contributed by atoms with Crippen molar-refractivity contribution in [3.8, 4) is 0 Å². The topological polar surface area (TPSA) is 53.4 Å². The molecule has 0 amide bonds. The Kier molecular flexibility index (Phi) is 2.58. The lowest BCUT2D eigenvalue weighted by atomic mass is 10.0. The van der Waals surface area contributed by atoms with Crippen LogP contribution < -0.4 is 4.90 Å². The summed E-state index contributed by atoms with van der Waals surface area (Å²) in [7, 11) is 0. The van der Waals surface area contributed by atoms with Crippen LogP contribution in [-0.2, 0) is 11.2 Å². The van der Waals surface area contributed by atoms with Crippen LogP contribution in [0.4, 0.5) is 5.82 Å². The highest BCUT2D eigenvalue weighted by molar-refractivity contribution is 5.79. The summed E-state index contributed by atoms with van der Waals surface area (Å²) in [5.74, 6) is 0.00784. The lowest BCUT2D eigenvalue weighted by Gasteiger charge is -2.38. The van der Waals surface area contributed by atoms with Crippen LogP contribution in [0.15, 0.2) is 18.3 Å². The van der Waals surface area contributed by atoms with E-state index in [0.717, 1.165) is 18.8 Å². The molecule has 1 unspecified atom stereocenters. The molecule has 0 saturated carbocycles. The molecule has 0 bridgehead atoms. The second-order valence-corrected chi connectivity index (χ2v) is 3.71. The van der Waals surface area contributed by atoms with Gasteiger partial charge in [0.2, 0.25) is 0 Å². The van der Waals surface area contributed by atoms with E-state index in [1.165, 1.54) is 5.56 Å². The van der Waals surface area contributed by atoms with Crippen molar-refractivity contribution in [1.82, 2.24) is 4.98 Å². The van der Waals surface area contributed by atoms with Crippen LogP contribution in [0.5, 0.6) is 0 Å². The molecule has 4 nitrogen and oxygen atoms in total. The molecule has 0 aliphatic carbocycles. The van der Waals surface area contributed by atoms with Crippen molar-refractivity contribution in [3.63, 3.8) is 0 Å². The number of rotatable bonds is 3. The molecule has 1 aliphatic rings. The minimum atomic E-state index is -0.761. The molecule has 0 aromatic carbocycles. The van der Waals surface area contributed by atoms with Crippen LogP contribution >= 0.6 is 0 Å². The molecule has 0 spiro atoms. The van der Waals surface area contributed by atoms with Gasteiger partial charge in [0, 0.05) is 12.7 Å². The first-order valence-corrected chi connectivity index (χ1v) is 5.16. The van der Waals surface area contributed by atoms with Gasteiger partial charge in [-0.05, 0) is 24.5 Å². The third-order valence-electron chi connectivity index (χ3n) is 2.82. The van der Waals surface area contributed by atoms with E-state index in [-0.39, 0.29) is 6.04 Å². The fourth-order valence-corrected chi connectivity index (χ4v) is 1.71. The molecule has 4 heteroatoms. The number of hydrogen-bond donors (Lipinski definition) is 1. The van der Waals surface area contributed by atoms with Gasteiger partial charge in [0.05, 0.1) is 0 Å². The maximum atomic E-state index is 10.8. The van der Waals surface area contributed by atoms with Gasteiger partial charge in [0.25, 0.3) is 0 Å². The molecule has 0 radical (unpaired) electrons. The molecule has 2 rings (SSSR count). The van der Waals surface area contributed by atoms with Crippen molar-refractivity contribution in [2.45, 2.75) is 25.8 Å². The van der Waals surface area contributed by atoms with Crippen LogP contribution in [0, 0.1) is 0 Å². The van der Waals surface area contributed by atoms with Gasteiger partial charge in [-0.25, -0.2) is 9.78 Å². The summed E-state index contributed by atoms with van der Waals surface area (Å²) in [5.41, 5.74) is 1.17. The zero-order valence-electron chi connectivity index (χ0n) is 8.68. The Hall–Kier alpha value is -1.58. The third-order valence-corrected chi connectivity index (χ3v) is 2.82. The maximum absolute atomic E-state index is 10.8. The highest BCUT2D eigenvalue weighted by Crippen LogP contribution is 2.24. The number of anilines is 1. The minimum absolute atomic E-state index is 0.384. The van der Waals surface area contributed by atoms with Crippen LogP contribution in [0.3, 0.4) is 0 Å². The lowest BCUT2D eigenvalue weighted by molar-refractivity contribution is -0.140. The molecule has 1 aromatic heterocycles. The molecule has 1 aliphatic heterocycles. The summed E-state index contributed by atoms with van der Waals surface area (Å²) < 4.78 is 0. The molecular formula is C11H14N2O2. The summed E-state index contributed by atoms with van der Waals surface area (Å²) >= 11 is 0. The lowest BCUT2D eigenvalue weighted by Crippen LogP contribution is -2.52. The fourth-order valence-electron chi connectivity index (χ4n) is 1.71. The van der Waals surface area contributed by atoms with E-state index in [1.807, 2.05) is 23.2 Å². The molecule has 1 aromatic rings. The van der Waals surface area contributed by atoms with Gasteiger partial charge in [-0.15, -0.1) is 0 Å². The average molecular weight is 206 g/mol. The second kappa shape index (κ2) is 3.88. The van der Waals surface area contributed by atoms with Gasteiger partial charge in [0.1, 0.15) is 11.9 Å². The minimum Gasteiger partial charge on any atom is -0.480 e. The molecule has 2 heterocycles. The summed E-state index contributed by atoms with van der Waals surface area (Å²) in [6.07, 6.45) is 3.48. The number of carboxylic acids is 1. The van der Waals surface area contributed by atoms with Crippen molar-refractivity contribution in [1.29, 1.82) is 0 Å².